The molecule has 0 saturated carbocycles. The van der Waals surface area contributed by atoms with Crippen LogP contribution in [0.25, 0.3) is 5.69 Å². The number of hydrogen-bond donors (Lipinski definition) is 2. The second-order valence-electron chi connectivity index (χ2n) is 5.41. The Balaban J connectivity index is 1.72. The number of rotatable bonds is 2. The first-order valence-corrected chi connectivity index (χ1v) is 7.19. The highest BCUT2D eigenvalue weighted by atomic mass is 15.3. The van der Waals surface area contributed by atoms with Crippen molar-refractivity contribution in [2.75, 3.05) is 6.54 Å². The van der Waals surface area contributed by atoms with E-state index in [-0.39, 0.29) is 6.04 Å². The van der Waals surface area contributed by atoms with Crippen molar-refractivity contribution < 1.29 is 0 Å². The molecule has 106 valence electrons. The van der Waals surface area contributed by atoms with Crippen molar-refractivity contribution in [1.82, 2.24) is 25.1 Å². The standard InChI is InChI=1S/C16H17N5/c1-11-4-2-3-5-14(11)21-9-12(8-20-21)15-16-13(6-7-17-15)18-10-19-16/h2-5,8-10,15,17H,6-7H2,1H3,(H,18,19). The van der Waals surface area contributed by atoms with Gasteiger partial charge in [0.2, 0.25) is 0 Å². The lowest BCUT2D eigenvalue weighted by Crippen LogP contribution is -2.30. The summed E-state index contributed by atoms with van der Waals surface area (Å²) < 4.78 is 1.94. The molecular weight excluding hydrogens is 262 g/mol. The zero-order chi connectivity index (χ0) is 14.2. The number of para-hydroxylation sites is 1. The fourth-order valence-electron chi connectivity index (χ4n) is 2.93. The van der Waals surface area contributed by atoms with Crippen molar-refractivity contribution in [3.63, 3.8) is 0 Å². The Morgan fingerprint density at radius 1 is 1.29 bits per heavy atom. The van der Waals surface area contributed by atoms with Gasteiger partial charge in [-0.3, -0.25) is 0 Å². The molecule has 1 aliphatic rings. The summed E-state index contributed by atoms with van der Waals surface area (Å²) in [5.41, 5.74) is 5.78. The molecule has 3 heterocycles. The fraction of sp³-hybridized carbons (Fsp3) is 0.250. The predicted molar refractivity (Wildman–Crippen MR) is 80.4 cm³/mol. The number of fused-ring (bicyclic) bond motifs is 1. The number of aromatic amines is 1. The average Bonchev–Trinajstić information content (AvgIpc) is 3.16. The van der Waals surface area contributed by atoms with Crippen molar-refractivity contribution in [2.24, 2.45) is 0 Å². The Kier molecular flexibility index (Phi) is 2.86. The number of nitrogens with zero attached hydrogens (tertiary/aromatic N) is 3. The Hall–Kier alpha value is -2.40. The van der Waals surface area contributed by atoms with Crippen molar-refractivity contribution in [1.29, 1.82) is 0 Å². The van der Waals surface area contributed by atoms with E-state index in [2.05, 4.69) is 45.6 Å². The van der Waals surface area contributed by atoms with Crippen LogP contribution in [0, 0.1) is 6.92 Å². The van der Waals surface area contributed by atoms with Crippen LogP contribution in [0.5, 0.6) is 0 Å². The van der Waals surface area contributed by atoms with Gasteiger partial charge in [-0.2, -0.15) is 5.10 Å². The van der Waals surface area contributed by atoms with Crippen LogP contribution in [0.3, 0.4) is 0 Å². The second-order valence-corrected chi connectivity index (χ2v) is 5.41. The summed E-state index contributed by atoms with van der Waals surface area (Å²) in [7, 11) is 0. The molecule has 5 heteroatoms. The average molecular weight is 279 g/mol. The zero-order valence-corrected chi connectivity index (χ0v) is 11.9. The Bertz CT molecular complexity index is 770. The summed E-state index contributed by atoms with van der Waals surface area (Å²) in [6.07, 6.45) is 6.78. The van der Waals surface area contributed by atoms with Crippen LogP contribution in [0.15, 0.2) is 43.0 Å². The van der Waals surface area contributed by atoms with Crippen LogP contribution in [-0.4, -0.2) is 26.3 Å². The molecule has 0 bridgehead atoms. The van der Waals surface area contributed by atoms with E-state index in [1.165, 1.54) is 11.3 Å². The van der Waals surface area contributed by atoms with Crippen LogP contribution in [-0.2, 0) is 6.42 Å². The molecular formula is C16H17N5. The number of imidazole rings is 1. The van der Waals surface area contributed by atoms with E-state index in [9.17, 15) is 0 Å². The van der Waals surface area contributed by atoms with Crippen LogP contribution in [0.2, 0.25) is 0 Å². The molecule has 0 radical (unpaired) electrons. The molecule has 5 nitrogen and oxygen atoms in total. The second kappa shape index (κ2) is 4.86. The van der Waals surface area contributed by atoms with Crippen LogP contribution in [0.1, 0.15) is 28.6 Å². The third-order valence-electron chi connectivity index (χ3n) is 4.05. The van der Waals surface area contributed by atoms with Crippen molar-refractivity contribution in [3.8, 4) is 5.69 Å². The van der Waals surface area contributed by atoms with Crippen molar-refractivity contribution in [2.45, 2.75) is 19.4 Å². The van der Waals surface area contributed by atoms with E-state index in [4.69, 9.17) is 0 Å². The number of aryl methyl sites for hydroxylation is 1. The lowest BCUT2D eigenvalue weighted by atomic mass is 10.0. The van der Waals surface area contributed by atoms with E-state index in [0.717, 1.165) is 29.9 Å². The molecule has 1 aliphatic heterocycles. The summed E-state index contributed by atoms with van der Waals surface area (Å²) in [5.74, 6) is 0. The molecule has 2 N–H and O–H groups in total. The lowest BCUT2D eigenvalue weighted by Gasteiger charge is -2.21. The maximum Gasteiger partial charge on any atom is 0.0926 e. The fourth-order valence-corrected chi connectivity index (χ4v) is 2.93. The first-order chi connectivity index (χ1) is 10.3. The first-order valence-electron chi connectivity index (χ1n) is 7.19. The monoisotopic (exact) mass is 279 g/mol. The third kappa shape index (κ3) is 2.06. The molecule has 2 aromatic heterocycles. The number of benzene rings is 1. The van der Waals surface area contributed by atoms with Gasteiger partial charge in [-0.05, 0) is 18.6 Å². The summed E-state index contributed by atoms with van der Waals surface area (Å²) in [4.78, 5) is 7.69. The van der Waals surface area contributed by atoms with Gasteiger partial charge >= 0.3 is 0 Å². The topological polar surface area (TPSA) is 58.5 Å². The highest BCUT2D eigenvalue weighted by Crippen LogP contribution is 2.26. The maximum atomic E-state index is 4.52. The molecule has 0 saturated heterocycles. The van der Waals surface area contributed by atoms with Gasteiger partial charge in [0.25, 0.3) is 0 Å². The normalized spacial score (nSPS) is 17.7. The first kappa shape index (κ1) is 12.3. The summed E-state index contributed by atoms with van der Waals surface area (Å²) in [6, 6.07) is 8.38. The van der Waals surface area contributed by atoms with Gasteiger partial charge in [0, 0.05) is 30.4 Å². The van der Waals surface area contributed by atoms with E-state index >= 15 is 0 Å². The van der Waals surface area contributed by atoms with E-state index < -0.39 is 0 Å². The summed E-state index contributed by atoms with van der Waals surface area (Å²) in [5, 5.41) is 8.04. The molecule has 0 spiro atoms. The van der Waals surface area contributed by atoms with Gasteiger partial charge in [0.05, 0.1) is 29.9 Å². The zero-order valence-electron chi connectivity index (χ0n) is 11.9. The highest BCUT2D eigenvalue weighted by Gasteiger charge is 2.24. The number of nitrogens with one attached hydrogen (secondary N) is 2. The SMILES string of the molecule is Cc1ccccc1-n1cc(C2NCCc3[nH]cnc32)cn1. The highest BCUT2D eigenvalue weighted by molar-refractivity contribution is 5.40. The Morgan fingerprint density at radius 2 is 2.19 bits per heavy atom. The van der Waals surface area contributed by atoms with Gasteiger partial charge in [0.1, 0.15) is 0 Å². The van der Waals surface area contributed by atoms with Crippen LogP contribution >= 0.6 is 0 Å². The number of aromatic nitrogens is 4. The van der Waals surface area contributed by atoms with Gasteiger partial charge in [0.15, 0.2) is 0 Å². The molecule has 0 aliphatic carbocycles. The van der Waals surface area contributed by atoms with E-state index in [0.29, 0.717) is 0 Å². The van der Waals surface area contributed by atoms with Gasteiger partial charge in [-0.15, -0.1) is 0 Å². The molecule has 1 aromatic carbocycles. The van der Waals surface area contributed by atoms with Crippen LogP contribution in [0.4, 0.5) is 0 Å². The minimum Gasteiger partial charge on any atom is -0.348 e. The summed E-state index contributed by atoms with van der Waals surface area (Å²) >= 11 is 0. The summed E-state index contributed by atoms with van der Waals surface area (Å²) in [6.45, 7) is 3.05. The quantitative estimate of drug-likeness (QED) is 0.755. The van der Waals surface area contributed by atoms with E-state index in [1.54, 1.807) is 6.33 Å². The minimum absolute atomic E-state index is 0.123. The van der Waals surface area contributed by atoms with Crippen molar-refractivity contribution in [3.05, 3.63) is 65.5 Å². The van der Waals surface area contributed by atoms with Gasteiger partial charge in [-0.25, -0.2) is 9.67 Å². The molecule has 4 rings (SSSR count). The Morgan fingerprint density at radius 3 is 3.10 bits per heavy atom. The smallest absolute Gasteiger partial charge is 0.0926 e. The van der Waals surface area contributed by atoms with Gasteiger partial charge in [-0.1, -0.05) is 18.2 Å². The molecule has 1 unspecified atom stereocenters. The minimum atomic E-state index is 0.123. The molecule has 1 atom stereocenters. The van der Waals surface area contributed by atoms with Crippen LogP contribution < -0.4 is 5.32 Å². The third-order valence-corrected chi connectivity index (χ3v) is 4.05. The lowest BCUT2D eigenvalue weighted by molar-refractivity contribution is 0.553. The molecule has 3 aromatic rings. The number of H-pyrrole nitrogens is 1. The molecule has 21 heavy (non-hydrogen) atoms. The number of hydrogen-bond acceptors (Lipinski definition) is 3. The largest absolute Gasteiger partial charge is 0.348 e. The van der Waals surface area contributed by atoms with Crippen molar-refractivity contribution >= 4 is 0 Å². The van der Waals surface area contributed by atoms with E-state index in [1.807, 2.05) is 23.0 Å². The predicted octanol–water partition coefficient (Wildman–Crippen LogP) is 2.14. The maximum absolute atomic E-state index is 4.52. The Labute approximate surface area is 123 Å². The molecule has 0 fully saturated rings. The van der Waals surface area contributed by atoms with Gasteiger partial charge < -0.3 is 10.3 Å². The molecule has 0 amide bonds.